The number of aromatic amines is 1. The second-order valence-electron chi connectivity index (χ2n) is 4.06. The van der Waals surface area contributed by atoms with Crippen molar-refractivity contribution in [3.8, 4) is 0 Å². The van der Waals surface area contributed by atoms with Crippen LogP contribution in [0.5, 0.6) is 0 Å². The summed E-state index contributed by atoms with van der Waals surface area (Å²) in [6, 6.07) is 1.05. The van der Waals surface area contributed by atoms with Gasteiger partial charge in [0, 0.05) is 25.3 Å². The molecule has 1 aliphatic rings. The molecule has 92 valence electrons. The minimum atomic E-state index is -0.603. The average molecular weight is 237 g/mol. The number of nitrogens with zero attached hydrogens (tertiary/aromatic N) is 2. The molecular weight excluding hydrogens is 222 g/mol. The van der Waals surface area contributed by atoms with Crippen molar-refractivity contribution in [1.82, 2.24) is 20.4 Å². The van der Waals surface area contributed by atoms with Crippen LogP contribution in [0, 0.1) is 6.92 Å². The van der Waals surface area contributed by atoms with Crippen LogP contribution in [-0.4, -0.2) is 52.6 Å². The molecule has 2 amide bonds. The van der Waals surface area contributed by atoms with E-state index in [0.29, 0.717) is 25.3 Å². The van der Waals surface area contributed by atoms with Gasteiger partial charge in [0.25, 0.3) is 5.91 Å². The minimum Gasteiger partial charge on any atom is -0.368 e. The summed E-state index contributed by atoms with van der Waals surface area (Å²) in [7, 11) is 0. The molecule has 7 nitrogen and oxygen atoms in total. The van der Waals surface area contributed by atoms with E-state index >= 15 is 0 Å². The zero-order valence-corrected chi connectivity index (χ0v) is 9.56. The topological polar surface area (TPSA) is 104 Å². The molecule has 7 heteroatoms. The summed E-state index contributed by atoms with van der Waals surface area (Å²) >= 11 is 0. The largest absolute Gasteiger partial charge is 0.368 e. The van der Waals surface area contributed by atoms with Crippen molar-refractivity contribution in [2.24, 2.45) is 5.73 Å². The van der Waals surface area contributed by atoms with Gasteiger partial charge in [0.1, 0.15) is 11.7 Å². The predicted molar refractivity (Wildman–Crippen MR) is 60.2 cm³/mol. The fourth-order valence-corrected chi connectivity index (χ4v) is 1.88. The van der Waals surface area contributed by atoms with Crippen molar-refractivity contribution >= 4 is 11.8 Å². The summed E-state index contributed by atoms with van der Waals surface area (Å²) in [5, 5.41) is 9.63. The third-order valence-electron chi connectivity index (χ3n) is 2.76. The van der Waals surface area contributed by atoms with E-state index in [0.717, 1.165) is 5.69 Å². The van der Waals surface area contributed by atoms with Crippen molar-refractivity contribution in [1.29, 1.82) is 0 Å². The minimum absolute atomic E-state index is 0.264. The second kappa shape index (κ2) is 4.54. The number of H-pyrrole nitrogens is 1. The number of carbonyl (C=O) groups is 2. The van der Waals surface area contributed by atoms with Gasteiger partial charge in [-0.15, -0.1) is 0 Å². The van der Waals surface area contributed by atoms with Crippen LogP contribution in [0.3, 0.4) is 0 Å². The first-order valence-electron chi connectivity index (χ1n) is 5.42. The maximum absolute atomic E-state index is 12.1. The van der Waals surface area contributed by atoms with Crippen molar-refractivity contribution < 1.29 is 9.59 Å². The van der Waals surface area contributed by atoms with Crippen molar-refractivity contribution in [3.05, 3.63) is 17.5 Å². The van der Waals surface area contributed by atoms with Crippen molar-refractivity contribution in [2.75, 3.05) is 19.6 Å². The Hall–Kier alpha value is -1.89. The molecule has 0 aromatic carbocycles. The number of aryl methyl sites for hydroxylation is 1. The molecule has 1 aromatic rings. The Morgan fingerprint density at radius 3 is 2.94 bits per heavy atom. The third-order valence-corrected chi connectivity index (χ3v) is 2.76. The number of amides is 2. The van der Waals surface area contributed by atoms with E-state index in [4.69, 9.17) is 5.73 Å². The Labute approximate surface area is 98.4 Å². The Kier molecular flexibility index (Phi) is 3.10. The van der Waals surface area contributed by atoms with Crippen LogP contribution < -0.4 is 11.1 Å². The molecule has 2 rings (SSSR count). The Bertz CT molecular complexity index is 442. The number of hydrogen-bond acceptors (Lipinski definition) is 4. The molecule has 1 fully saturated rings. The monoisotopic (exact) mass is 237 g/mol. The summed E-state index contributed by atoms with van der Waals surface area (Å²) < 4.78 is 0. The van der Waals surface area contributed by atoms with Crippen LogP contribution in [0.1, 0.15) is 16.2 Å². The average Bonchev–Trinajstić information content (AvgIpc) is 2.75. The van der Waals surface area contributed by atoms with Gasteiger partial charge in [0.15, 0.2) is 0 Å². The smallest absolute Gasteiger partial charge is 0.275 e. The van der Waals surface area contributed by atoms with E-state index in [2.05, 4.69) is 15.5 Å². The molecule has 0 bridgehead atoms. The fourth-order valence-electron chi connectivity index (χ4n) is 1.88. The van der Waals surface area contributed by atoms with Gasteiger partial charge in [-0.3, -0.25) is 14.7 Å². The molecule has 1 aliphatic heterocycles. The Morgan fingerprint density at radius 2 is 2.35 bits per heavy atom. The summed E-state index contributed by atoms with van der Waals surface area (Å²) in [5.41, 5.74) is 6.40. The fraction of sp³-hybridized carbons (Fsp3) is 0.500. The number of piperazine rings is 1. The lowest BCUT2D eigenvalue weighted by Crippen LogP contribution is -2.58. The van der Waals surface area contributed by atoms with Gasteiger partial charge < -0.3 is 16.0 Å². The maximum Gasteiger partial charge on any atom is 0.275 e. The number of nitrogens with two attached hydrogens (primary N) is 1. The number of rotatable bonds is 2. The van der Waals surface area contributed by atoms with E-state index < -0.39 is 11.9 Å². The lowest BCUT2D eigenvalue weighted by atomic mass is 10.1. The first-order chi connectivity index (χ1) is 8.09. The molecular formula is C10H15N5O2. The number of primary amides is 1. The Morgan fingerprint density at radius 1 is 1.59 bits per heavy atom. The molecule has 0 radical (unpaired) electrons. The highest BCUT2D eigenvalue weighted by atomic mass is 16.2. The molecule has 1 unspecified atom stereocenters. The SMILES string of the molecule is Cc1cc(C(=O)N2CCNCC2C(N)=O)n[nH]1. The van der Waals surface area contributed by atoms with Crippen LogP contribution in [0.15, 0.2) is 6.07 Å². The van der Waals surface area contributed by atoms with E-state index in [1.165, 1.54) is 4.90 Å². The van der Waals surface area contributed by atoms with Gasteiger partial charge in [-0.25, -0.2) is 0 Å². The molecule has 1 aromatic heterocycles. The molecule has 1 saturated heterocycles. The van der Waals surface area contributed by atoms with Gasteiger partial charge in [-0.1, -0.05) is 0 Å². The van der Waals surface area contributed by atoms with Crippen LogP contribution >= 0.6 is 0 Å². The second-order valence-corrected chi connectivity index (χ2v) is 4.06. The van der Waals surface area contributed by atoms with Gasteiger partial charge in [-0.2, -0.15) is 5.10 Å². The van der Waals surface area contributed by atoms with Crippen molar-refractivity contribution in [2.45, 2.75) is 13.0 Å². The molecule has 0 saturated carbocycles. The van der Waals surface area contributed by atoms with Crippen LogP contribution in [0.2, 0.25) is 0 Å². The molecule has 0 spiro atoms. The molecule has 17 heavy (non-hydrogen) atoms. The zero-order valence-electron chi connectivity index (χ0n) is 9.56. The van der Waals surface area contributed by atoms with E-state index in [9.17, 15) is 9.59 Å². The summed E-state index contributed by atoms with van der Waals surface area (Å²) in [4.78, 5) is 24.9. The highest BCUT2D eigenvalue weighted by molar-refractivity contribution is 5.96. The lowest BCUT2D eigenvalue weighted by Gasteiger charge is -2.33. The standard InChI is InChI=1S/C10H15N5O2/c1-6-4-7(14-13-6)10(17)15-3-2-12-5-8(15)9(11)16/h4,8,12H,2-3,5H2,1H3,(H2,11,16)(H,13,14). The number of nitrogens with one attached hydrogen (secondary N) is 2. The van der Waals surface area contributed by atoms with Crippen LogP contribution in [-0.2, 0) is 4.79 Å². The van der Waals surface area contributed by atoms with E-state index in [1.54, 1.807) is 6.07 Å². The quantitative estimate of drug-likeness (QED) is 0.589. The molecule has 4 N–H and O–H groups in total. The number of hydrogen-bond donors (Lipinski definition) is 3. The summed E-state index contributed by atoms with van der Waals surface area (Å²) in [5.74, 6) is -0.766. The van der Waals surface area contributed by atoms with Crippen LogP contribution in [0.4, 0.5) is 0 Å². The van der Waals surface area contributed by atoms with Gasteiger partial charge in [0.2, 0.25) is 5.91 Å². The number of aromatic nitrogens is 2. The van der Waals surface area contributed by atoms with E-state index in [-0.39, 0.29) is 5.91 Å². The molecule has 1 atom stereocenters. The highest BCUT2D eigenvalue weighted by Crippen LogP contribution is 2.09. The summed E-state index contributed by atoms with van der Waals surface area (Å²) in [6.07, 6.45) is 0. The highest BCUT2D eigenvalue weighted by Gasteiger charge is 2.31. The maximum atomic E-state index is 12.1. The van der Waals surface area contributed by atoms with Gasteiger partial charge in [0.05, 0.1) is 0 Å². The molecule has 2 heterocycles. The summed E-state index contributed by atoms with van der Waals surface area (Å²) in [6.45, 7) is 3.31. The zero-order chi connectivity index (χ0) is 12.4. The predicted octanol–water partition coefficient (Wildman–Crippen LogP) is -1.38. The first-order valence-corrected chi connectivity index (χ1v) is 5.42. The van der Waals surface area contributed by atoms with E-state index in [1.807, 2.05) is 6.92 Å². The number of carbonyl (C=O) groups excluding carboxylic acids is 2. The van der Waals surface area contributed by atoms with Crippen molar-refractivity contribution in [3.63, 3.8) is 0 Å². The molecule has 0 aliphatic carbocycles. The van der Waals surface area contributed by atoms with Gasteiger partial charge in [-0.05, 0) is 13.0 Å². The Balaban J connectivity index is 2.19. The normalized spacial score (nSPS) is 20.3. The first kappa shape index (κ1) is 11.6. The van der Waals surface area contributed by atoms with Gasteiger partial charge >= 0.3 is 0 Å². The lowest BCUT2D eigenvalue weighted by molar-refractivity contribution is -0.122. The third kappa shape index (κ3) is 2.28. The van der Waals surface area contributed by atoms with Crippen LogP contribution in [0.25, 0.3) is 0 Å².